The fraction of sp³-hybridized carbons (Fsp3) is 0.455. The first kappa shape index (κ1) is 18.5. The topological polar surface area (TPSA) is 35.2 Å². The molecule has 0 saturated carbocycles. The number of benzene rings is 2. The van der Waals surface area contributed by atoms with Crippen LogP contribution in [-0.4, -0.2) is 13.2 Å². The summed E-state index contributed by atoms with van der Waals surface area (Å²) in [6.45, 7) is 10.2. The van der Waals surface area contributed by atoms with E-state index in [9.17, 15) is 0 Å². The summed E-state index contributed by atoms with van der Waals surface area (Å²) >= 11 is 0. The van der Waals surface area contributed by atoms with E-state index >= 15 is 0 Å². The Morgan fingerprint density at radius 2 is 1.58 bits per heavy atom. The van der Waals surface area contributed by atoms with Crippen molar-refractivity contribution in [3.63, 3.8) is 0 Å². The first-order valence-electron chi connectivity index (χ1n) is 9.01. The molecule has 2 rings (SSSR count). The van der Waals surface area contributed by atoms with Crippen molar-refractivity contribution >= 4 is 0 Å². The van der Waals surface area contributed by atoms with Crippen LogP contribution < -0.4 is 10.5 Å². The van der Waals surface area contributed by atoms with E-state index in [1.807, 2.05) is 6.07 Å². The lowest BCUT2D eigenvalue weighted by Crippen LogP contribution is -2.15. The highest BCUT2D eigenvalue weighted by Gasteiger charge is 2.12. The number of nitrogens with two attached hydrogens (primary N) is 1. The van der Waals surface area contributed by atoms with Gasteiger partial charge in [0.25, 0.3) is 0 Å². The third-order valence-corrected chi connectivity index (χ3v) is 4.32. The lowest BCUT2D eigenvalue weighted by Gasteiger charge is -2.17. The minimum atomic E-state index is 0.339. The largest absolute Gasteiger partial charge is 0.493 e. The van der Waals surface area contributed by atoms with Crippen molar-refractivity contribution < 1.29 is 4.74 Å². The normalized spacial score (nSPS) is 12.6. The highest BCUT2D eigenvalue weighted by atomic mass is 16.5. The van der Waals surface area contributed by atoms with Gasteiger partial charge >= 0.3 is 0 Å². The van der Waals surface area contributed by atoms with E-state index < -0.39 is 0 Å². The molecule has 2 aromatic rings. The molecule has 0 spiro atoms. The van der Waals surface area contributed by atoms with Gasteiger partial charge in [0.15, 0.2) is 0 Å². The van der Waals surface area contributed by atoms with E-state index in [1.165, 1.54) is 16.7 Å². The molecule has 0 amide bonds. The molecule has 0 aliphatic heterocycles. The highest BCUT2D eigenvalue weighted by Crippen LogP contribution is 2.24. The molecule has 0 saturated heterocycles. The average Bonchev–Trinajstić information content (AvgIpc) is 2.58. The molecule has 130 valence electrons. The van der Waals surface area contributed by atoms with Gasteiger partial charge in [-0.05, 0) is 53.6 Å². The Kier molecular flexibility index (Phi) is 6.86. The molecule has 0 aliphatic carbocycles. The van der Waals surface area contributed by atoms with Gasteiger partial charge in [-0.15, -0.1) is 0 Å². The van der Waals surface area contributed by atoms with E-state index in [0.717, 1.165) is 18.8 Å². The quantitative estimate of drug-likeness (QED) is 0.730. The molecule has 2 nitrogen and oxygen atoms in total. The predicted octanol–water partition coefficient (Wildman–Crippen LogP) is 5.13. The summed E-state index contributed by atoms with van der Waals surface area (Å²) in [7, 11) is 0. The highest BCUT2D eigenvalue weighted by molar-refractivity contribution is 5.32. The number of ether oxygens (including phenoxy) is 1. The Morgan fingerprint density at radius 3 is 2.17 bits per heavy atom. The van der Waals surface area contributed by atoms with E-state index in [-0.39, 0.29) is 0 Å². The maximum Gasteiger partial charge on any atom is 0.119 e. The van der Waals surface area contributed by atoms with Crippen LogP contribution >= 0.6 is 0 Å². The van der Waals surface area contributed by atoms with Gasteiger partial charge in [0.2, 0.25) is 0 Å². The Hall–Kier alpha value is -1.80. The summed E-state index contributed by atoms with van der Waals surface area (Å²) in [6, 6.07) is 17.3. The molecule has 2 heteroatoms. The molecule has 0 aromatic heterocycles. The third-order valence-electron chi connectivity index (χ3n) is 4.32. The monoisotopic (exact) mass is 325 g/mol. The third kappa shape index (κ3) is 5.38. The van der Waals surface area contributed by atoms with Crippen molar-refractivity contribution in [2.24, 2.45) is 11.7 Å². The summed E-state index contributed by atoms with van der Waals surface area (Å²) in [4.78, 5) is 0. The van der Waals surface area contributed by atoms with Gasteiger partial charge in [0, 0.05) is 5.92 Å². The summed E-state index contributed by atoms with van der Waals surface area (Å²) in [5, 5.41) is 0. The smallest absolute Gasteiger partial charge is 0.119 e. The van der Waals surface area contributed by atoms with Gasteiger partial charge in [0.05, 0.1) is 6.61 Å². The summed E-state index contributed by atoms with van der Waals surface area (Å²) < 4.78 is 5.84. The number of rotatable bonds is 8. The zero-order valence-electron chi connectivity index (χ0n) is 15.5. The molecule has 0 aliphatic rings. The van der Waals surface area contributed by atoms with Crippen LogP contribution in [0, 0.1) is 5.92 Å². The molecular weight excluding hydrogens is 294 g/mol. The van der Waals surface area contributed by atoms with Crippen LogP contribution in [0.5, 0.6) is 5.75 Å². The molecule has 0 heterocycles. The van der Waals surface area contributed by atoms with Crippen LogP contribution in [0.2, 0.25) is 0 Å². The van der Waals surface area contributed by atoms with E-state index in [2.05, 4.69) is 70.2 Å². The van der Waals surface area contributed by atoms with Crippen LogP contribution in [-0.2, 0) is 6.42 Å². The summed E-state index contributed by atoms with van der Waals surface area (Å²) in [5.74, 6) is 2.38. The van der Waals surface area contributed by atoms with E-state index in [4.69, 9.17) is 10.5 Å². The summed E-state index contributed by atoms with van der Waals surface area (Å²) in [5.41, 5.74) is 10.0. The van der Waals surface area contributed by atoms with Crippen LogP contribution in [0.3, 0.4) is 0 Å². The minimum Gasteiger partial charge on any atom is -0.493 e. The zero-order chi connectivity index (χ0) is 17.5. The molecule has 0 radical (unpaired) electrons. The lowest BCUT2D eigenvalue weighted by molar-refractivity contribution is 0.271. The van der Waals surface area contributed by atoms with Crippen molar-refractivity contribution in [1.82, 2.24) is 0 Å². The second-order valence-electron chi connectivity index (χ2n) is 7.31. The Balaban J connectivity index is 2.08. The maximum atomic E-state index is 6.06. The van der Waals surface area contributed by atoms with E-state index in [1.54, 1.807) is 0 Å². The SMILES string of the molecule is CC(C)COc1cccc(CC(CN)c2ccc(C(C)C)cc2)c1. The standard InChI is InChI=1S/C22H31NO/c1-16(2)15-24-22-7-5-6-18(13-22)12-21(14-23)20-10-8-19(9-11-20)17(3)4/h5-11,13,16-17,21H,12,14-15,23H2,1-4H3. The zero-order valence-corrected chi connectivity index (χ0v) is 15.5. The fourth-order valence-electron chi connectivity index (χ4n) is 2.80. The van der Waals surface area contributed by atoms with Gasteiger partial charge in [-0.1, -0.05) is 64.1 Å². The molecule has 0 fully saturated rings. The lowest BCUT2D eigenvalue weighted by atomic mass is 9.90. The predicted molar refractivity (Wildman–Crippen MR) is 103 cm³/mol. The van der Waals surface area contributed by atoms with Gasteiger partial charge in [-0.2, -0.15) is 0 Å². The summed E-state index contributed by atoms with van der Waals surface area (Å²) in [6.07, 6.45) is 0.941. The molecule has 1 unspecified atom stereocenters. The minimum absolute atomic E-state index is 0.339. The number of hydrogen-bond donors (Lipinski definition) is 1. The van der Waals surface area contributed by atoms with Crippen molar-refractivity contribution in [2.45, 2.75) is 46.0 Å². The molecule has 2 N–H and O–H groups in total. The molecule has 0 bridgehead atoms. The van der Waals surface area contributed by atoms with Crippen molar-refractivity contribution in [3.05, 3.63) is 65.2 Å². The van der Waals surface area contributed by atoms with Crippen LogP contribution in [0.15, 0.2) is 48.5 Å². The van der Waals surface area contributed by atoms with Crippen LogP contribution in [0.1, 0.15) is 56.2 Å². The van der Waals surface area contributed by atoms with Crippen LogP contribution in [0.25, 0.3) is 0 Å². The molecule has 24 heavy (non-hydrogen) atoms. The van der Waals surface area contributed by atoms with Crippen LogP contribution in [0.4, 0.5) is 0 Å². The first-order valence-corrected chi connectivity index (χ1v) is 9.01. The second kappa shape index (κ2) is 8.89. The Labute approximate surface area is 147 Å². The number of hydrogen-bond acceptors (Lipinski definition) is 2. The van der Waals surface area contributed by atoms with E-state index in [0.29, 0.717) is 24.3 Å². The second-order valence-corrected chi connectivity index (χ2v) is 7.31. The molecular formula is C22H31NO. The Morgan fingerprint density at radius 1 is 0.917 bits per heavy atom. The fourth-order valence-corrected chi connectivity index (χ4v) is 2.80. The van der Waals surface area contributed by atoms with Crippen molar-refractivity contribution in [2.75, 3.05) is 13.2 Å². The first-order chi connectivity index (χ1) is 11.5. The molecule has 2 aromatic carbocycles. The Bertz CT molecular complexity index is 616. The van der Waals surface area contributed by atoms with Gasteiger partial charge in [-0.3, -0.25) is 0 Å². The molecule has 1 atom stereocenters. The van der Waals surface area contributed by atoms with Crippen molar-refractivity contribution in [1.29, 1.82) is 0 Å². The van der Waals surface area contributed by atoms with Gasteiger partial charge < -0.3 is 10.5 Å². The average molecular weight is 325 g/mol. The van der Waals surface area contributed by atoms with Gasteiger partial charge in [-0.25, -0.2) is 0 Å². The van der Waals surface area contributed by atoms with Crippen molar-refractivity contribution in [3.8, 4) is 5.75 Å². The maximum absolute atomic E-state index is 6.06. The van der Waals surface area contributed by atoms with Gasteiger partial charge in [0.1, 0.15) is 5.75 Å².